The van der Waals surface area contributed by atoms with E-state index < -0.39 is 61.0 Å². The molecule has 14 N–H and O–H groups in total. The summed E-state index contributed by atoms with van der Waals surface area (Å²) in [6.45, 7) is 2.98. The summed E-state index contributed by atoms with van der Waals surface area (Å²) >= 11 is 0. The summed E-state index contributed by atoms with van der Waals surface area (Å²) in [4.78, 5) is 20.8. The van der Waals surface area contributed by atoms with Crippen molar-refractivity contribution < 1.29 is 29.6 Å². The number of para-hydroxylation sites is 1. The Labute approximate surface area is 262 Å². The number of unbranched alkanes of at least 4 members (excludes halogenated alkanes) is 3. The van der Waals surface area contributed by atoms with Crippen molar-refractivity contribution >= 4 is 27.7 Å². The van der Waals surface area contributed by atoms with Crippen molar-refractivity contribution in [3.8, 4) is 0 Å². The molecule has 0 radical (unpaired) electrons. The molecular weight excluding hydrogens is 580 g/mol. The Balaban J connectivity index is 1.07. The number of fused-ring (bicyclic) bond motifs is 3. The number of aliphatic hydroxyl groups is 3. The largest absolute Gasteiger partial charge is 0.390 e. The van der Waals surface area contributed by atoms with Gasteiger partial charge in [-0.25, -0.2) is 4.98 Å². The van der Waals surface area contributed by atoms with E-state index in [0.29, 0.717) is 25.2 Å². The smallest absolute Gasteiger partial charge is 0.269 e. The van der Waals surface area contributed by atoms with Crippen LogP contribution in [0, 0.1) is 6.92 Å². The van der Waals surface area contributed by atoms with Gasteiger partial charge in [-0.05, 0) is 44.9 Å². The van der Waals surface area contributed by atoms with E-state index >= 15 is 0 Å². The molecule has 10 atom stereocenters. The number of aliphatic hydroxyl groups excluding tert-OH is 3. The highest BCUT2D eigenvalue weighted by Crippen LogP contribution is 2.28. The van der Waals surface area contributed by atoms with Gasteiger partial charge in [-0.3, -0.25) is 4.79 Å². The lowest BCUT2D eigenvalue weighted by atomic mass is 9.82. The molecule has 1 saturated carbocycles. The molecule has 0 unspecified atom stereocenters. The second-order valence-corrected chi connectivity index (χ2v) is 12.3. The fourth-order valence-corrected chi connectivity index (χ4v) is 6.45. The second-order valence-electron chi connectivity index (χ2n) is 12.3. The van der Waals surface area contributed by atoms with Gasteiger partial charge < -0.3 is 63.3 Å². The average Bonchev–Trinajstić information content (AvgIpc) is 3.41. The number of amides is 1. The number of nitrogens with zero attached hydrogens (tertiary/aromatic N) is 1. The maximum absolute atomic E-state index is 12.9. The van der Waals surface area contributed by atoms with Crippen LogP contribution in [0.3, 0.4) is 0 Å². The number of aryl methyl sites for hydroxylation is 1. The summed E-state index contributed by atoms with van der Waals surface area (Å²) in [6, 6.07) is 7.15. The highest BCUT2D eigenvalue weighted by atomic mass is 16.7. The van der Waals surface area contributed by atoms with Gasteiger partial charge in [0.25, 0.3) is 5.91 Å². The van der Waals surface area contributed by atoms with Crippen LogP contribution in [0.2, 0.25) is 0 Å². The Hall–Kier alpha value is -2.76. The van der Waals surface area contributed by atoms with Crippen LogP contribution < -0.4 is 33.6 Å². The van der Waals surface area contributed by atoms with Gasteiger partial charge in [-0.2, -0.15) is 0 Å². The first-order valence-corrected chi connectivity index (χ1v) is 15.8. The number of nitrogens with one attached hydrogen (secondary N) is 3. The summed E-state index contributed by atoms with van der Waals surface area (Å²) in [5.41, 5.74) is 27.5. The minimum absolute atomic E-state index is 0.0301. The first-order chi connectivity index (χ1) is 21.6. The molecule has 1 saturated heterocycles. The Kier molecular flexibility index (Phi) is 11.0. The van der Waals surface area contributed by atoms with Gasteiger partial charge in [0.1, 0.15) is 24.0 Å². The van der Waals surface area contributed by atoms with Crippen LogP contribution in [-0.4, -0.2) is 112 Å². The molecule has 1 aromatic carbocycles. The van der Waals surface area contributed by atoms with Crippen molar-refractivity contribution in [2.24, 2.45) is 22.9 Å². The molecule has 2 aromatic heterocycles. The normalized spacial score (nSPS) is 32.3. The maximum Gasteiger partial charge on any atom is 0.269 e. The summed E-state index contributed by atoms with van der Waals surface area (Å²) < 4.78 is 11.9. The average molecular weight is 629 g/mol. The number of rotatable bonds is 12. The number of ether oxygens (including phenoxy) is 2. The molecule has 2 aliphatic rings. The number of aromatic amines is 1. The van der Waals surface area contributed by atoms with Crippen LogP contribution in [0.4, 0.5) is 0 Å². The van der Waals surface area contributed by atoms with Gasteiger partial charge in [0.05, 0.1) is 35.5 Å². The number of carbonyl (C=O) groups excluding carboxylic acids is 1. The zero-order chi connectivity index (χ0) is 32.2. The summed E-state index contributed by atoms with van der Waals surface area (Å²) in [6.07, 6.45) is -2.33. The SMILES string of the molecule is Cc1nc(C(=O)NCCCCCCN[C@H]2[C@@H](O)[C@H](N)C[C@H](N)[C@H]2O[C@@H]2O[C@H](CN)[C@@H](O)[C@H](O)[C@H]2N)cc2c1[nH]c1ccccc12. The molecule has 3 aromatic rings. The molecule has 14 nitrogen and oxygen atoms in total. The van der Waals surface area contributed by atoms with E-state index in [1.807, 2.05) is 37.3 Å². The van der Waals surface area contributed by atoms with Crippen LogP contribution >= 0.6 is 0 Å². The highest BCUT2D eigenvalue weighted by Gasteiger charge is 2.48. The second kappa shape index (κ2) is 14.8. The van der Waals surface area contributed by atoms with Crippen molar-refractivity contribution in [2.45, 2.75) is 100 Å². The first kappa shape index (κ1) is 33.6. The number of hydrogen-bond acceptors (Lipinski definition) is 12. The first-order valence-electron chi connectivity index (χ1n) is 15.8. The van der Waals surface area contributed by atoms with Crippen LogP contribution in [-0.2, 0) is 9.47 Å². The van der Waals surface area contributed by atoms with E-state index in [9.17, 15) is 20.1 Å². The fourth-order valence-electron chi connectivity index (χ4n) is 6.45. The lowest BCUT2D eigenvalue weighted by Gasteiger charge is -2.47. The summed E-state index contributed by atoms with van der Waals surface area (Å²) in [5.74, 6) is -0.196. The molecule has 3 heterocycles. The Bertz CT molecular complexity index is 1440. The Morgan fingerprint density at radius 1 is 1.02 bits per heavy atom. The molecule has 1 amide bonds. The molecule has 1 aliphatic heterocycles. The predicted octanol–water partition coefficient (Wildman–Crippen LogP) is -1.19. The van der Waals surface area contributed by atoms with Gasteiger partial charge in [0.2, 0.25) is 0 Å². The van der Waals surface area contributed by atoms with Crippen molar-refractivity contribution in [1.29, 1.82) is 0 Å². The zero-order valence-electron chi connectivity index (χ0n) is 25.6. The third-order valence-electron chi connectivity index (χ3n) is 9.08. The van der Waals surface area contributed by atoms with E-state index in [1.165, 1.54) is 0 Å². The van der Waals surface area contributed by atoms with Crippen LogP contribution in [0.1, 0.15) is 48.3 Å². The quantitative estimate of drug-likeness (QED) is 0.106. The Morgan fingerprint density at radius 2 is 1.76 bits per heavy atom. The van der Waals surface area contributed by atoms with Gasteiger partial charge in [-0.15, -0.1) is 0 Å². The summed E-state index contributed by atoms with van der Waals surface area (Å²) in [7, 11) is 0. The van der Waals surface area contributed by atoms with E-state index in [-0.39, 0.29) is 12.5 Å². The monoisotopic (exact) mass is 628 g/mol. The maximum atomic E-state index is 12.9. The number of carbonyl (C=O) groups is 1. The minimum atomic E-state index is -1.29. The van der Waals surface area contributed by atoms with Crippen molar-refractivity contribution in [3.05, 3.63) is 41.7 Å². The van der Waals surface area contributed by atoms with Gasteiger partial charge in [0.15, 0.2) is 6.29 Å². The van der Waals surface area contributed by atoms with Gasteiger partial charge in [0, 0.05) is 41.5 Å². The predicted molar refractivity (Wildman–Crippen MR) is 170 cm³/mol. The van der Waals surface area contributed by atoms with E-state index in [4.69, 9.17) is 32.4 Å². The van der Waals surface area contributed by atoms with Crippen molar-refractivity contribution in [3.63, 3.8) is 0 Å². The lowest BCUT2D eigenvalue weighted by Crippen LogP contribution is -2.69. The highest BCUT2D eigenvalue weighted by molar-refractivity contribution is 6.10. The topological polar surface area (TPSA) is 253 Å². The number of pyridine rings is 1. The molecule has 2 fully saturated rings. The molecule has 14 heteroatoms. The molecule has 0 spiro atoms. The number of nitrogens with two attached hydrogens (primary N) is 4. The molecule has 45 heavy (non-hydrogen) atoms. The third-order valence-corrected chi connectivity index (χ3v) is 9.08. The van der Waals surface area contributed by atoms with Gasteiger partial charge in [-0.1, -0.05) is 31.0 Å². The lowest BCUT2D eigenvalue weighted by molar-refractivity contribution is -0.279. The van der Waals surface area contributed by atoms with Gasteiger partial charge >= 0.3 is 0 Å². The number of H-pyrrole nitrogens is 1. The third kappa shape index (κ3) is 7.30. The van der Waals surface area contributed by atoms with E-state index in [1.54, 1.807) is 0 Å². The summed E-state index contributed by atoms with van der Waals surface area (Å²) in [5, 5.41) is 39.8. The van der Waals surface area contributed by atoms with Crippen molar-refractivity contribution in [1.82, 2.24) is 20.6 Å². The van der Waals surface area contributed by atoms with E-state index in [2.05, 4.69) is 20.6 Å². The Morgan fingerprint density at radius 3 is 2.51 bits per heavy atom. The standard InChI is InChI=1S/C31H48N8O6/c1-15-24-17(16-8-4-5-9-20(16)39-24)12-21(38-15)30(43)37-11-7-3-2-6-10-36-25-26(40)18(33)13-19(34)29(25)45-31-23(35)28(42)27(41)22(14-32)44-31/h4-5,8-9,12,18-19,22-23,25-29,31,36,39-42H,2-3,6-7,10-11,13-14,32-35H2,1H3,(H,37,43)/t18-,19+,22-,23-,25+,26+,27-,28-,29-,31+/m1/s1. The molecule has 0 bridgehead atoms. The molecule has 5 rings (SSSR count). The van der Waals surface area contributed by atoms with Crippen molar-refractivity contribution in [2.75, 3.05) is 19.6 Å². The number of hydrogen-bond donors (Lipinski definition) is 10. The zero-order valence-corrected chi connectivity index (χ0v) is 25.6. The number of benzene rings is 1. The minimum Gasteiger partial charge on any atom is -0.390 e. The fraction of sp³-hybridized carbons (Fsp3) is 0.613. The van der Waals surface area contributed by atoms with E-state index in [0.717, 1.165) is 53.2 Å². The molecular formula is C31H48N8O6. The number of aromatic nitrogens is 2. The molecule has 1 aliphatic carbocycles. The molecule has 248 valence electrons. The van der Waals surface area contributed by atoms with Crippen LogP contribution in [0.5, 0.6) is 0 Å². The van der Waals surface area contributed by atoms with Crippen LogP contribution in [0.25, 0.3) is 21.8 Å². The van der Waals surface area contributed by atoms with Crippen LogP contribution in [0.15, 0.2) is 30.3 Å².